The summed E-state index contributed by atoms with van der Waals surface area (Å²) in [5.74, 6) is 3.25. The first-order valence-electron chi connectivity index (χ1n) is 8.05. The quantitative estimate of drug-likeness (QED) is 0.881. The van der Waals surface area contributed by atoms with Gasteiger partial charge in [0.2, 0.25) is 0 Å². The Balaban J connectivity index is 1.73. The van der Waals surface area contributed by atoms with Crippen molar-refractivity contribution in [2.75, 3.05) is 27.4 Å². The zero-order valence-corrected chi connectivity index (χ0v) is 14.3. The number of fused-ring (bicyclic) bond motifs is 1. The second-order valence-corrected chi connectivity index (χ2v) is 5.65. The number of rotatable bonds is 6. The van der Waals surface area contributed by atoms with E-state index in [4.69, 9.17) is 18.9 Å². The van der Waals surface area contributed by atoms with E-state index in [-0.39, 0.29) is 6.04 Å². The fourth-order valence-corrected chi connectivity index (χ4v) is 2.82. The van der Waals surface area contributed by atoms with Crippen LogP contribution in [-0.2, 0) is 6.54 Å². The molecule has 0 radical (unpaired) electrons. The van der Waals surface area contributed by atoms with Gasteiger partial charge in [-0.2, -0.15) is 0 Å². The summed E-state index contributed by atoms with van der Waals surface area (Å²) in [6.07, 6.45) is 0. The molecule has 24 heavy (non-hydrogen) atoms. The molecule has 0 aromatic heterocycles. The normalized spacial score (nSPS) is 14.1. The molecule has 0 aliphatic carbocycles. The second kappa shape index (κ2) is 7.45. The minimum atomic E-state index is 0.117. The maximum atomic E-state index is 5.76. The lowest BCUT2D eigenvalue weighted by atomic mass is 10.1. The topological polar surface area (TPSA) is 49.0 Å². The van der Waals surface area contributed by atoms with Gasteiger partial charge in [0.05, 0.1) is 14.2 Å². The summed E-state index contributed by atoms with van der Waals surface area (Å²) < 4.78 is 22.1. The lowest BCUT2D eigenvalue weighted by molar-refractivity contribution is 0.169. The van der Waals surface area contributed by atoms with Gasteiger partial charge in [0.25, 0.3) is 0 Å². The molecule has 2 aromatic carbocycles. The minimum Gasteiger partial charge on any atom is -0.497 e. The average molecular weight is 329 g/mol. The molecule has 0 saturated heterocycles. The van der Waals surface area contributed by atoms with Crippen molar-refractivity contribution in [2.24, 2.45) is 0 Å². The van der Waals surface area contributed by atoms with Crippen LogP contribution in [0.4, 0.5) is 0 Å². The van der Waals surface area contributed by atoms with Crippen molar-refractivity contribution in [2.45, 2.75) is 19.5 Å². The predicted molar refractivity (Wildman–Crippen MR) is 92.2 cm³/mol. The molecule has 0 spiro atoms. The summed E-state index contributed by atoms with van der Waals surface area (Å²) >= 11 is 0. The van der Waals surface area contributed by atoms with Crippen molar-refractivity contribution in [3.8, 4) is 23.0 Å². The van der Waals surface area contributed by atoms with Crippen molar-refractivity contribution in [3.05, 3.63) is 47.5 Å². The van der Waals surface area contributed by atoms with E-state index < -0.39 is 0 Å². The Bertz CT molecular complexity index is 702. The van der Waals surface area contributed by atoms with E-state index in [0.717, 1.165) is 34.1 Å². The zero-order chi connectivity index (χ0) is 16.9. The van der Waals surface area contributed by atoms with Crippen molar-refractivity contribution in [1.82, 2.24) is 5.32 Å². The van der Waals surface area contributed by atoms with Gasteiger partial charge in [-0.05, 0) is 19.1 Å². The van der Waals surface area contributed by atoms with Crippen molar-refractivity contribution < 1.29 is 18.9 Å². The summed E-state index contributed by atoms with van der Waals surface area (Å²) in [6, 6.07) is 12.0. The number of hydrogen-bond donors (Lipinski definition) is 1. The molecule has 2 aromatic rings. The monoisotopic (exact) mass is 329 g/mol. The van der Waals surface area contributed by atoms with Crippen LogP contribution in [0.1, 0.15) is 24.1 Å². The van der Waals surface area contributed by atoms with E-state index in [2.05, 4.69) is 18.3 Å². The van der Waals surface area contributed by atoms with Crippen LogP contribution >= 0.6 is 0 Å². The molecule has 0 unspecified atom stereocenters. The molecule has 0 fully saturated rings. The number of hydrogen-bond acceptors (Lipinski definition) is 5. The summed E-state index contributed by atoms with van der Waals surface area (Å²) in [5.41, 5.74) is 2.17. The summed E-state index contributed by atoms with van der Waals surface area (Å²) in [4.78, 5) is 0. The van der Waals surface area contributed by atoms with Crippen molar-refractivity contribution in [1.29, 1.82) is 0 Å². The van der Waals surface area contributed by atoms with E-state index in [0.29, 0.717) is 19.8 Å². The number of benzene rings is 2. The SMILES string of the molecule is COc1ccc([C@H](C)NCc2cccc3c2OCCO3)c(OC)c1. The van der Waals surface area contributed by atoms with E-state index in [9.17, 15) is 0 Å². The van der Waals surface area contributed by atoms with Gasteiger partial charge in [-0.25, -0.2) is 0 Å². The zero-order valence-electron chi connectivity index (χ0n) is 14.3. The van der Waals surface area contributed by atoms with Crippen LogP contribution in [0.2, 0.25) is 0 Å². The highest BCUT2D eigenvalue weighted by molar-refractivity contribution is 5.47. The van der Waals surface area contributed by atoms with Gasteiger partial charge >= 0.3 is 0 Å². The molecule has 3 rings (SSSR count). The maximum Gasteiger partial charge on any atom is 0.165 e. The van der Waals surface area contributed by atoms with Crippen LogP contribution < -0.4 is 24.3 Å². The van der Waals surface area contributed by atoms with Gasteiger partial charge in [0.1, 0.15) is 24.7 Å². The largest absolute Gasteiger partial charge is 0.497 e. The average Bonchev–Trinajstić information content (AvgIpc) is 2.65. The Labute approximate surface area is 142 Å². The van der Waals surface area contributed by atoms with Crippen molar-refractivity contribution in [3.63, 3.8) is 0 Å². The van der Waals surface area contributed by atoms with Crippen LogP contribution in [-0.4, -0.2) is 27.4 Å². The molecule has 1 aliphatic heterocycles. The first kappa shape index (κ1) is 16.5. The predicted octanol–water partition coefficient (Wildman–Crippen LogP) is 3.33. The third-order valence-corrected chi connectivity index (χ3v) is 4.15. The Hall–Kier alpha value is -2.40. The molecule has 1 heterocycles. The van der Waals surface area contributed by atoms with Crippen LogP contribution in [0.15, 0.2) is 36.4 Å². The van der Waals surface area contributed by atoms with E-state index in [1.165, 1.54) is 0 Å². The van der Waals surface area contributed by atoms with Gasteiger partial charge in [0.15, 0.2) is 11.5 Å². The van der Waals surface area contributed by atoms with Crippen LogP contribution in [0.5, 0.6) is 23.0 Å². The number of methoxy groups -OCH3 is 2. The van der Waals surface area contributed by atoms with Gasteiger partial charge in [-0.15, -0.1) is 0 Å². The van der Waals surface area contributed by atoms with Gasteiger partial charge in [-0.3, -0.25) is 0 Å². The van der Waals surface area contributed by atoms with Crippen LogP contribution in [0, 0.1) is 0 Å². The molecule has 0 saturated carbocycles. The van der Waals surface area contributed by atoms with Gasteiger partial charge in [0, 0.05) is 29.8 Å². The van der Waals surface area contributed by atoms with E-state index >= 15 is 0 Å². The highest BCUT2D eigenvalue weighted by Crippen LogP contribution is 2.34. The molecule has 1 atom stereocenters. The second-order valence-electron chi connectivity index (χ2n) is 5.65. The van der Waals surface area contributed by atoms with Crippen LogP contribution in [0.3, 0.4) is 0 Å². The Kier molecular flexibility index (Phi) is 5.11. The third kappa shape index (κ3) is 3.41. The first-order chi connectivity index (χ1) is 11.7. The highest BCUT2D eigenvalue weighted by Gasteiger charge is 2.17. The molecule has 1 aliphatic rings. The fourth-order valence-electron chi connectivity index (χ4n) is 2.82. The summed E-state index contributed by atoms with van der Waals surface area (Å²) in [5, 5.41) is 3.52. The lowest BCUT2D eigenvalue weighted by Gasteiger charge is -2.22. The third-order valence-electron chi connectivity index (χ3n) is 4.15. The highest BCUT2D eigenvalue weighted by atomic mass is 16.6. The van der Waals surface area contributed by atoms with Gasteiger partial charge in [-0.1, -0.05) is 18.2 Å². The Morgan fingerprint density at radius 2 is 1.92 bits per heavy atom. The maximum absolute atomic E-state index is 5.76. The van der Waals surface area contributed by atoms with Crippen molar-refractivity contribution >= 4 is 0 Å². The van der Waals surface area contributed by atoms with Gasteiger partial charge < -0.3 is 24.3 Å². The van der Waals surface area contributed by atoms with E-state index in [1.807, 2.05) is 30.3 Å². The molecule has 5 nitrogen and oxygen atoms in total. The molecule has 1 N–H and O–H groups in total. The lowest BCUT2D eigenvalue weighted by Crippen LogP contribution is -2.21. The summed E-state index contributed by atoms with van der Waals surface area (Å²) in [7, 11) is 3.32. The first-order valence-corrected chi connectivity index (χ1v) is 8.05. The van der Waals surface area contributed by atoms with E-state index in [1.54, 1.807) is 14.2 Å². The number of nitrogens with one attached hydrogen (secondary N) is 1. The summed E-state index contributed by atoms with van der Waals surface area (Å²) in [6.45, 7) is 3.98. The number of para-hydroxylation sites is 1. The molecular formula is C19H23NO4. The Morgan fingerprint density at radius 1 is 1.08 bits per heavy atom. The molecule has 0 amide bonds. The molecular weight excluding hydrogens is 306 g/mol. The minimum absolute atomic E-state index is 0.117. The molecule has 0 bridgehead atoms. The smallest absolute Gasteiger partial charge is 0.165 e. The standard InChI is InChI=1S/C19H23NO4/c1-13(16-8-7-15(21-2)11-18(16)22-3)20-12-14-5-4-6-17-19(14)24-10-9-23-17/h4-8,11,13,20H,9-10,12H2,1-3H3/t13-/m0/s1. The Morgan fingerprint density at radius 3 is 2.71 bits per heavy atom. The fraction of sp³-hybridized carbons (Fsp3) is 0.368. The molecule has 5 heteroatoms. The van der Waals surface area contributed by atoms with Crippen LogP contribution in [0.25, 0.3) is 0 Å². The number of ether oxygens (including phenoxy) is 4. The molecule has 128 valence electrons.